The van der Waals surface area contributed by atoms with Crippen molar-refractivity contribution in [2.75, 3.05) is 7.11 Å². The van der Waals surface area contributed by atoms with Crippen LogP contribution in [0.2, 0.25) is 5.02 Å². The van der Waals surface area contributed by atoms with E-state index in [0.717, 1.165) is 24.0 Å². The topological polar surface area (TPSA) is 64.4 Å². The first-order valence-electron chi connectivity index (χ1n) is 12.6. The number of fused-ring (bicyclic) bond motifs is 1. The fraction of sp³-hybridized carbons (Fsp3) is 0.300. The Morgan fingerprint density at radius 2 is 1.73 bits per heavy atom. The van der Waals surface area contributed by atoms with Crippen molar-refractivity contribution in [3.05, 3.63) is 111 Å². The molecule has 0 N–H and O–H groups in total. The van der Waals surface area contributed by atoms with Crippen LogP contribution in [0, 0.1) is 6.92 Å². The smallest absolute Gasteiger partial charge is 0.261 e. The summed E-state index contributed by atoms with van der Waals surface area (Å²) in [5.41, 5.74) is 3.57. The molecule has 1 aliphatic rings. The Hall–Kier alpha value is -3.48. The molecule has 3 aromatic carbocycles. The standard InChI is InChI=1S/C30H30ClN3O3/c1-20-11-13-22(14-12-20)18-33-26(9-6-10-27(33)35)28(37-2)29-32-25-17-23(31)15-16-24(25)30(36)34(29)19-21-7-4-3-5-8-21/h3-5,7-8,11-17,26,28H,6,9-10,18-19H2,1-2H3. The maximum absolute atomic E-state index is 13.8. The number of carbonyl (C=O) groups excluding carboxylic acids is 1. The zero-order valence-electron chi connectivity index (χ0n) is 21.1. The van der Waals surface area contributed by atoms with Gasteiger partial charge in [-0.1, -0.05) is 71.8 Å². The number of halogens is 1. The first kappa shape index (κ1) is 25.2. The van der Waals surface area contributed by atoms with Gasteiger partial charge in [0, 0.05) is 25.1 Å². The number of aromatic nitrogens is 2. The predicted octanol–water partition coefficient (Wildman–Crippen LogP) is 5.68. The molecule has 37 heavy (non-hydrogen) atoms. The molecule has 1 aromatic heterocycles. The number of ether oxygens (including phenoxy) is 1. The molecule has 1 saturated heterocycles. The van der Waals surface area contributed by atoms with Gasteiger partial charge in [0.05, 0.1) is 23.5 Å². The number of rotatable bonds is 7. The number of hydrogen-bond donors (Lipinski definition) is 0. The van der Waals surface area contributed by atoms with Crippen molar-refractivity contribution in [2.24, 2.45) is 0 Å². The lowest BCUT2D eigenvalue weighted by molar-refractivity contribution is -0.142. The van der Waals surface area contributed by atoms with E-state index in [1.54, 1.807) is 29.9 Å². The molecule has 1 fully saturated rings. The van der Waals surface area contributed by atoms with E-state index in [1.165, 1.54) is 5.56 Å². The molecule has 0 bridgehead atoms. The maximum Gasteiger partial charge on any atom is 0.261 e. The van der Waals surface area contributed by atoms with Gasteiger partial charge in [0.2, 0.25) is 5.91 Å². The van der Waals surface area contributed by atoms with Crippen LogP contribution in [-0.2, 0) is 22.6 Å². The Morgan fingerprint density at radius 1 is 1.00 bits per heavy atom. The molecule has 1 amide bonds. The fourth-order valence-corrected chi connectivity index (χ4v) is 5.31. The molecule has 190 valence electrons. The van der Waals surface area contributed by atoms with E-state index in [2.05, 4.69) is 24.3 Å². The van der Waals surface area contributed by atoms with Crippen LogP contribution in [-0.4, -0.2) is 33.5 Å². The third kappa shape index (κ3) is 5.31. The summed E-state index contributed by atoms with van der Waals surface area (Å²) in [6, 6.07) is 22.9. The molecule has 0 saturated carbocycles. The van der Waals surface area contributed by atoms with Gasteiger partial charge in [-0.2, -0.15) is 0 Å². The third-order valence-electron chi connectivity index (χ3n) is 7.07. The molecule has 4 aromatic rings. The van der Waals surface area contributed by atoms with Crippen LogP contribution >= 0.6 is 11.6 Å². The van der Waals surface area contributed by atoms with E-state index in [1.807, 2.05) is 42.2 Å². The summed E-state index contributed by atoms with van der Waals surface area (Å²) in [5, 5.41) is 1.00. The van der Waals surface area contributed by atoms with E-state index in [-0.39, 0.29) is 17.5 Å². The average Bonchev–Trinajstić information content (AvgIpc) is 2.90. The van der Waals surface area contributed by atoms with E-state index in [4.69, 9.17) is 21.3 Å². The maximum atomic E-state index is 13.8. The van der Waals surface area contributed by atoms with Crippen LogP contribution in [0.4, 0.5) is 0 Å². The van der Waals surface area contributed by atoms with Gasteiger partial charge in [-0.25, -0.2) is 4.98 Å². The molecule has 6 nitrogen and oxygen atoms in total. The third-order valence-corrected chi connectivity index (χ3v) is 7.31. The molecule has 2 unspecified atom stereocenters. The first-order valence-corrected chi connectivity index (χ1v) is 12.9. The highest BCUT2D eigenvalue weighted by Gasteiger charge is 2.37. The van der Waals surface area contributed by atoms with Crippen molar-refractivity contribution in [2.45, 2.75) is 51.4 Å². The number of likely N-dealkylation sites (tertiary alicyclic amines) is 1. The molecule has 7 heteroatoms. The van der Waals surface area contributed by atoms with E-state index >= 15 is 0 Å². The number of benzene rings is 3. The normalized spacial score (nSPS) is 16.8. The van der Waals surface area contributed by atoms with Crippen molar-refractivity contribution < 1.29 is 9.53 Å². The quantitative estimate of drug-likeness (QED) is 0.318. The summed E-state index contributed by atoms with van der Waals surface area (Å²) in [5.74, 6) is 0.583. The molecular formula is C30H30ClN3O3. The van der Waals surface area contributed by atoms with Gasteiger partial charge in [-0.3, -0.25) is 14.2 Å². The van der Waals surface area contributed by atoms with Crippen LogP contribution in [0.3, 0.4) is 0 Å². The zero-order chi connectivity index (χ0) is 25.9. The number of piperidine rings is 1. The fourth-order valence-electron chi connectivity index (χ4n) is 5.14. The summed E-state index contributed by atoms with van der Waals surface area (Å²) >= 11 is 6.27. The minimum atomic E-state index is -0.588. The summed E-state index contributed by atoms with van der Waals surface area (Å²) in [6.07, 6.45) is 1.42. The second kappa shape index (κ2) is 10.9. The second-order valence-corrected chi connectivity index (χ2v) is 10.1. The Morgan fingerprint density at radius 3 is 2.46 bits per heavy atom. The lowest BCUT2D eigenvalue weighted by atomic mass is 9.94. The highest BCUT2D eigenvalue weighted by Crippen LogP contribution is 2.33. The van der Waals surface area contributed by atoms with Crippen LogP contribution in [0.1, 0.15) is 47.9 Å². The summed E-state index contributed by atoms with van der Waals surface area (Å²) in [7, 11) is 1.62. The first-order chi connectivity index (χ1) is 17.9. The van der Waals surface area contributed by atoms with E-state index < -0.39 is 6.10 Å². The van der Waals surface area contributed by atoms with Gasteiger partial charge in [0.25, 0.3) is 5.56 Å². The second-order valence-electron chi connectivity index (χ2n) is 9.63. The number of methoxy groups -OCH3 is 1. The lowest BCUT2D eigenvalue weighted by Crippen LogP contribution is -2.48. The van der Waals surface area contributed by atoms with E-state index in [9.17, 15) is 9.59 Å². The Balaban J connectivity index is 1.62. The molecule has 0 spiro atoms. The summed E-state index contributed by atoms with van der Waals surface area (Å²) in [4.78, 5) is 33.8. The molecule has 1 aliphatic heterocycles. The molecular weight excluding hydrogens is 486 g/mol. The van der Waals surface area contributed by atoms with Crippen LogP contribution in [0.25, 0.3) is 10.9 Å². The number of hydrogen-bond acceptors (Lipinski definition) is 4. The van der Waals surface area contributed by atoms with Crippen LogP contribution in [0.5, 0.6) is 0 Å². The Kier molecular flexibility index (Phi) is 7.40. The van der Waals surface area contributed by atoms with Crippen molar-refractivity contribution in [3.8, 4) is 0 Å². The number of amides is 1. The van der Waals surface area contributed by atoms with Crippen molar-refractivity contribution >= 4 is 28.4 Å². The molecule has 2 heterocycles. The van der Waals surface area contributed by atoms with Gasteiger partial charge in [-0.05, 0) is 49.1 Å². The lowest BCUT2D eigenvalue weighted by Gasteiger charge is -2.40. The summed E-state index contributed by atoms with van der Waals surface area (Å²) < 4.78 is 7.76. The number of aryl methyl sites for hydroxylation is 1. The van der Waals surface area contributed by atoms with Gasteiger partial charge in [0.15, 0.2) is 0 Å². The van der Waals surface area contributed by atoms with Gasteiger partial charge in [0.1, 0.15) is 11.9 Å². The molecule has 2 atom stereocenters. The largest absolute Gasteiger partial charge is 0.371 e. The predicted molar refractivity (Wildman–Crippen MR) is 146 cm³/mol. The summed E-state index contributed by atoms with van der Waals surface area (Å²) in [6.45, 7) is 2.87. The zero-order valence-corrected chi connectivity index (χ0v) is 21.8. The minimum absolute atomic E-state index is 0.0830. The Bertz CT molecular complexity index is 1470. The Labute approximate surface area is 221 Å². The molecule has 5 rings (SSSR count). The highest BCUT2D eigenvalue weighted by molar-refractivity contribution is 6.31. The molecule has 0 aliphatic carbocycles. The van der Waals surface area contributed by atoms with Gasteiger partial charge in [-0.15, -0.1) is 0 Å². The average molecular weight is 516 g/mol. The van der Waals surface area contributed by atoms with Crippen LogP contribution in [0.15, 0.2) is 77.6 Å². The van der Waals surface area contributed by atoms with Crippen LogP contribution < -0.4 is 5.56 Å². The number of carbonyl (C=O) groups is 1. The minimum Gasteiger partial charge on any atom is -0.371 e. The SMILES string of the molecule is COC(c1nc2cc(Cl)ccc2c(=O)n1Cc1ccccc1)C1CCCC(=O)N1Cc1ccc(C)cc1. The van der Waals surface area contributed by atoms with Gasteiger partial charge >= 0.3 is 0 Å². The number of nitrogens with zero attached hydrogens (tertiary/aromatic N) is 3. The molecule has 0 radical (unpaired) electrons. The van der Waals surface area contributed by atoms with Crippen molar-refractivity contribution in [1.82, 2.24) is 14.5 Å². The van der Waals surface area contributed by atoms with Gasteiger partial charge < -0.3 is 9.64 Å². The van der Waals surface area contributed by atoms with Crippen molar-refractivity contribution in [3.63, 3.8) is 0 Å². The van der Waals surface area contributed by atoms with Crippen molar-refractivity contribution in [1.29, 1.82) is 0 Å². The monoisotopic (exact) mass is 515 g/mol. The van der Waals surface area contributed by atoms with E-state index in [0.29, 0.717) is 41.3 Å². The highest BCUT2D eigenvalue weighted by atomic mass is 35.5.